The second-order valence-electron chi connectivity index (χ2n) is 4.77. The molecule has 1 heterocycles. The molecule has 0 saturated heterocycles. The summed E-state index contributed by atoms with van der Waals surface area (Å²) >= 11 is 0. The maximum atomic E-state index is 12.8. The van der Waals surface area contributed by atoms with Gasteiger partial charge in [-0.25, -0.2) is 9.37 Å². The minimum absolute atomic E-state index is 0.276. The topological polar surface area (TPSA) is 67.6 Å². The predicted octanol–water partition coefficient (Wildman–Crippen LogP) is 2.19. The van der Waals surface area contributed by atoms with Crippen LogP contribution in [-0.2, 0) is 6.42 Å². The number of aromatic nitrogens is 3. The van der Waals surface area contributed by atoms with Gasteiger partial charge in [-0.3, -0.25) is 5.10 Å². The van der Waals surface area contributed by atoms with Gasteiger partial charge in [-0.1, -0.05) is 26.0 Å². The van der Waals surface area contributed by atoms with E-state index in [1.165, 1.54) is 12.1 Å². The van der Waals surface area contributed by atoms with Gasteiger partial charge >= 0.3 is 0 Å². The first-order valence-corrected chi connectivity index (χ1v) is 5.98. The summed E-state index contributed by atoms with van der Waals surface area (Å²) in [5.41, 5.74) is 6.84. The molecule has 0 saturated carbocycles. The van der Waals surface area contributed by atoms with Gasteiger partial charge in [0.05, 0.1) is 6.04 Å². The summed E-state index contributed by atoms with van der Waals surface area (Å²) in [7, 11) is 0. The van der Waals surface area contributed by atoms with Crippen LogP contribution < -0.4 is 5.73 Å². The zero-order valence-corrected chi connectivity index (χ0v) is 10.5. The van der Waals surface area contributed by atoms with Crippen LogP contribution in [0.5, 0.6) is 0 Å². The normalized spacial score (nSPS) is 12.9. The Kier molecular flexibility index (Phi) is 3.72. The minimum Gasteiger partial charge on any atom is -0.318 e. The molecule has 0 aliphatic rings. The molecule has 0 aliphatic carbocycles. The van der Waals surface area contributed by atoms with Gasteiger partial charge in [-0.15, -0.1) is 0 Å². The molecule has 0 radical (unpaired) electrons. The third kappa shape index (κ3) is 2.92. The lowest BCUT2D eigenvalue weighted by Crippen LogP contribution is -2.13. The third-order valence-electron chi connectivity index (χ3n) is 2.66. The Morgan fingerprint density at radius 1 is 1.28 bits per heavy atom. The SMILES string of the molecule is CC(C)Cc1nc([C@H](N)c2ccc(F)cc2)n[nH]1. The Morgan fingerprint density at radius 2 is 1.94 bits per heavy atom. The van der Waals surface area contributed by atoms with Gasteiger partial charge in [0.15, 0.2) is 5.82 Å². The average Bonchev–Trinajstić information content (AvgIpc) is 2.76. The molecule has 2 rings (SSSR count). The molecule has 96 valence electrons. The van der Waals surface area contributed by atoms with Crippen molar-refractivity contribution in [3.05, 3.63) is 47.3 Å². The third-order valence-corrected chi connectivity index (χ3v) is 2.66. The number of nitrogens with one attached hydrogen (secondary N) is 1. The van der Waals surface area contributed by atoms with Crippen molar-refractivity contribution in [2.45, 2.75) is 26.3 Å². The molecule has 1 aromatic carbocycles. The van der Waals surface area contributed by atoms with E-state index in [0.717, 1.165) is 17.8 Å². The van der Waals surface area contributed by atoms with Gasteiger partial charge < -0.3 is 5.73 Å². The minimum atomic E-state index is -0.428. The fourth-order valence-corrected chi connectivity index (χ4v) is 1.75. The largest absolute Gasteiger partial charge is 0.318 e. The molecule has 0 spiro atoms. The van der Waals surface area contributed by atoms with Crippen LogP contribution in [0.2, 0.25) is 0 Å². The summed E-state index contributed by atoms with van der Waals surface area (Å²) in [5, 5.41) is 7.00. The van der Waals surface area contributed by atoms with Crippen LogP contribution in [0.3, 0.4) is 0 Å². The van der Waals surface area contributed by atoms with Crippen LogP contribution in [0.4, 0.5) is 4.39 Å². The van der Waals surface area contributed by atoms with Crippen molar-refractivity contribution in [2.24, 2.45) is 11.7 Å². The zero-order chi connectivity index (χ0) is 13.1. The van der Waals surface area contributed by atoms with E-state index >= 15 is 0 Å². The number of hydrogen-bond acceptors (Lipinski definition) is 3. The highest BCUT2D eigenvalue weighted by Crippen LogP contribution is 2.17. The van der Waals surface area contributed by atoms with E-state index < -0.39 is 6.04 Å². The van der Waals surface area contributed by atoms with Crippen LogP contribution in [0.25, 0.3) is 0 Å². The van der Waals surface area contributed by atoms with Crippen LogP contribution in [0, 0.1) is 11.7 Å². The second-order valence-corrected chi connectivity index (χ2v) is 4.77. The lowest BCUT2D eigenvalue weighted by Gasteiger charge is -2.07. The molecule has 4 nitrogen and oxygen atoms in total. The summed E-state index contributed by atoms with van der Waals surface area (Å²) in [4.78, 5) is 4.36. The predicted molar refractivity (Wildman–Crippen MR) is 67.4 cm³/mol. The molecule has 0 bridgehead atoms. The number of hydrogen-bond donors (Lipinski definition) is 2. The lowest BCUT2D eigenvalue weighted by molar-refractivity contribution is 0.621. The monoisotopic (exact) mass is 248 g/mol. The Hall–Kier alpha value is -1.75. The van der Waals surface area contributed by atoms with E-state index in [0.29, 0.717) is 11.7 Å². The van der Waals surface area contributed by atoms with Crippen molar-refractivity contribution in [1.82, 2.24) is 15.2 Å². The number of H-pyrrole nitrogens is 1. The number of nitrogens with zero attached hydrogens (tertiary/aromatic N) is 2. The van der Waals surface area contributed by atoms with Crippen molar-refractivity contribution in [3.63, 3.8) is 0 Å². The second kappa shape index (κ2) is 5.27. The fourth-order valence-electron chi connectivity index (χ4n) is 1.75. The zero-order valence-electron chi connectivity index (χ0n) is 10.5. The molecular formula is C13H17FN4. The van der Waals surface area contributed by atoms with Gasteiger partial charge in [-0.05, 0) is 23.6 Å². The molecule has 18 heavy (non-hydrogen) atoms. The Morgan fingerprint density at radius 3 is 2.56 bits per heavy atom. The van der Waals surface area contributed by atoms with Gasteiger partial charge in [0.2, 0.25) is 0 Å². The first-order chi connectivity index (χ1) is 8.56. The van der Waals surface area contributed by atoms with Crippen molar-refractivity contribution in [1.29, 1.82) is 0 Å². The van der Waals surface area contributed by atoms with Crippen LogP contribution in [-0.4, -0.2) is 15.2 Å². The number of rotatable bonds is 4. The van der Waals surface area contributed by atoms with E-state index in [2.05, 4.69) is 29.0 Å². The van der Waals surface area contributed by atoms with E-state index in [1.54, 1.807) is 12.1 Å². The van der Waals surface area contributed by atoms with Crippen molar-refractivity contribution in [3.8, 4) is 0 Å². The highest BCUT2D eigenvalue weighted by atomic mass is 19.1. The van der Waals surface area contributed by atoms with Gasteiger partial charge in [0.25, 0.3) is 0 Å². The number of aromatic amines is 1. The summed E-state index contributed by atoms with van der Waals surface area (Å²) in [6, 6.07) is 5.65. The molecule has 5 heteroatoms. The number of halogens is 1. The first-order valence-electron chi connectivity index (χ1n) is 5.98. The molecule has 0 unspecified atom stereocenters. The summed E-state index contributed by atoms with van der Waals surface area (Å²) in [6.07, 6.45) is 0.836. The van der Waals surface area contributed by atoms with Crippen LogP contribution >= 0.6 is 0 Å². The summed E-state index contributed by atoms with van der Waals surface area (Å²) in [6.45, 7) is 4.23. The number of benzene rings is 1. The van der Waals surface area contributed by atoms with Crippen LogP contribution in [0.15, 0.2) is 24.3 Å². The highest BCUT2D eigenvalue weighted by molar-refractivity contribution is 5.24. The van der Waals surface area contributed by atoms with Gasteiger partial charge in [0.1, 0.15) is 11.6 Å². The Labute approximate surface area is 105 Å². The van der Waals surface area contributed by atoms with Gasteiger partial charge in [0, 0.05) is 6.42 Å². The van der Waals surface area contributed by atoms with Crippen molar-refractivity contribution >= 4 is 0 Å². The van der Waals surface area contributed by atoms with Crippen molar-refractivity contribution < 1.29 is 4.39 Å². The molecule has 0 amide bonds. The smallest absolute Gasteiger partial charge is 0.171 e. The molecule has 1 aromatic heterocycles. The van der Waals surface area contributed by atoms with E-state index in [1.807, 2.05) is 0 Å². The molecule has 2 aromatic rings. The molecule has 3 N–H and O–H groups in total. The van der Waals surface area contributed by atoms with Crippen LogP contribution in [0.1, 0.15) is 37.1 Å². The number of nitrogens with two attached hydrogens (primary N) is 1. The van der Waals surface area contributed by atoms with Crippen molar-refractivity contribution in [2.75, 3.05) is 0 Å². The standard InChI is InChI=1S/C13H17FN4/c1-8(2)7-11-16-13(18-17-11)12(15)9-3-5-10(14)6-4-9/h3-6,8,12H,7,15H2,1-2H3,(H,16,17,18)/t12-/m1/s1. The quantitative estimate of drug-likeness (QED) is 0.871. The van der Waals surface area contributed by atoms with Gasteiger partial charge in [-0.2, -0.15) is 5.10 Å². The first kappa shape index (κ1) is 12.7. The van der Waals surface area contributed by atoms with E-state index in [-0.39, 0.29) is 5.82 Å². The molecular weight excluding hydrogens is 231 g/mol. The Bertz CT molecular complexity index is 504. The summed E-state index contributed by atoms with van der Waals surface area (Å²) < 4.78 is 12.8. The van der Waals surface area contributed by atoms with E-state index in [4.69, 9.17) is 5.73 Å². The maximum Gasteiger partial charge on any atom is 0.171 e. The molecule has 1 atom stereocenters. The maximum absolute atomic E-state index is 12.8. The Balaban J connectivity index is 2.15. The molecule has 0 fully saturated rings. The highest BCUT2D eigenvalue weighted by Gasteiger charge is 2.14. The average molecular weight is 248 g/mol. The molecule has 0 aliphatic heterocycles. The fraction of sp³-hybridized carbons (Fsp3) is 0.385. The summed E-state index contributed by atoms with van der Waals surface area (Å²) in [5.74, 6) is 1.60. The van der Waals surface area contributed by atoms with E-state index in [9.17, 15) is 4.39 Å². The lowest BCUT2D eigenvalue weighted by atomic mass is 10.1.